The van der Waals surface area contributed by atoms with Gasteiger partial charge < -0.3 is 0 Å². The van der Waals surface area contributed by atoms with Crippen molar-refractivity contribution >= 4 is 5.78 Å². The molecule has 0 N–H and O–H groups in total. The van der Waals surface area contributed by atoms with E-state index in [0.717, 1.165) is 17.9 Å². The van der Waals surface area contributed by atoms with Gasteiger partial charge in [-0.15, -0.1) is 0 Å². The molecule has 0 heterocycles. The molecule has 1 nitrogen and oxygen atoms in total. The van der Waals surface area contributed by atoms with E-state index in [-0.39, 0.29) is 0 Å². The van der Waals surface area contributed by atoms with Gasteiger partial charge in [0.1, 0.15) is 0 Å². The molecular weight excluding hydrogens is 244 g/mol. The second kappa shape index (κ2) is 4.72. The minimum Gasteiger partial charge on any atom is -0.294 e. The van der Waals surface area contributed by atoms with Crippen molar-refractivity contribution in [3.05, 3.63) is 33.4 Å². The topological polar surface area (TPSA) is 17.1 Å². The molecule has 1 aromatic carbocycles. The summed E-state index contributed by atoms with van der Waals surface area (Å²) in [5, 5.41) is 0. The number of rotatable bonds is 2. The smallest absolute Gasteiger partial charge is 0.166 e. The number of hydrogen-bond acceptors (Lipinski definition) is 1. The average molecular weight is 270 g/mol. The molecule has 3 rings (SSSR count). The van der Waals surface area contributed by atoms with E-state index < -0.39 is 0 Å². The van der Waals surface area contributed by atoms with Crippen LogP contribution < -0.4 is 0 Å². The number of fused-ring (bicyclic) bond motifs is 2. The Morgan fingerprint density at radius 1 is 0.800 bits per heavy atom. The van der Waals surface area contributed by atoms with Crippen LogP contribution in [0.1, 0.15) is 63.9 Å². The van der Waals surface area contributed by atoms with Gasteiger partial charge in [-0.1, -0.05) is 6.42 Å². The van der Waals surface area contributed by atoms with Gasteiger partial charge in [-0.25, -0.2) is 0 Å². The van der Waals surface area contributed by atoms with Crippen molar-refractivity contribution < 1.29 is 4.79 Å². The molecule has 2 bridgehead atoms. The van der Waals surface area contributed by atoms with Gasteiger partial charge >= 0.3 is 0 Å². The van der Waals surface area contributed by atoms with Crippen LogP contribution in [-0.4, -0.2) is 5.78 Å². The summed E-state index contributed by atoms with van der Waals surface area (Å²) in [6, 6.07) is 0. The largest absolute Gasteiger partial charge is 0.294 e. The lowest BCUT2D eigenvalue weighted by Gasteiger charge is -2.24. The minimum atomic E-state index is 0.313. The van der Waals surface area contributed by atoms with Crippen molar-refractivity contribution in [3.63, 3.8) is 0 Å². The molecule has 0 amide bonds. The second-order valence-corrected chi connectivity index (χ2v) is 7.15. The van der Waals surface area contributed by atoms with Gasteiger partial charge in [0.2, 0.25) is 0 Å². The molecule has 0 aliphatic heterocycles. The fourth-order valence-electron chi connectivity index (χ4n) is 4.62. The maximum atomic E-state index is 13.1. The van der Waals surface area contributed by atoms with Crippen molar-refractivity contribution in [2.45, 2.75) is 60.3 Å². The molecule has 0 spiro atoms. The fourth-order valence-corrected chi connectivity index (χ4v) is 4.62. The highest BCUT2D eigenvalue weighted by Crippen LogP contribution is 2.49. The Kier molecular flexibility index (Phi) is 3.27. The molecule has 3 unspecified atom stereocenters. The minimum absolute atomic E-state index is 0.313. The Morgan fingerprint density at radius 3 is 1.80 bits per heavy atom. The Balaban J connectivity index is 2.04. The lowest BCUT2D eigenvalue weighted by Crippen LogP contribution is -2.23. The molecule has 1 heteroatoms. The van der Waals surface area contributed by atoms with Crippen LogP contribution in [0.3, 0.4) is 0 Å². The molecule has 2 aliphatic carbocycles. The van der Waals surface area contributed by atoms with Crippen molar-refractivity contribution in [3.8, 4) is 0 Å². The molecule has 0 radical (unpaired) electrons. The number of Topliss-reactive ketones (excluding diaryl/α,β-unsaturated/α-hetero) is 1. The van der Waals surface area contributed by atoms with E-state index >= 15 is 0 Å². The summed E-state index contributed by atoms with van der Waals surface area (Å²) in [4.78, 5) is 13.1. The molecular formula is C19H26O. The van der Waals surface area contributed by atoms with E-state index in [1.807, 2.05) is 0 Å². The zero-order valence-electron chi connectivity index (χ0n) is 13.5. The summed E-state index contributed by atoms with van der Waals surface area (Å²) < 4.78 is 0. The summed E-state index contributed by atoms with van der Waals surface area (Å²) in [7, 11) is 0. The van der Waals surface area contributed by atoms with Gasteiger partial charge in [0, 0.05) is 11.5 Å². The molecule has 0 aromatic heterocycles. The molecule has 2 saturated carbocycles. The second-order valence-electron chi connectivity index (χ2n) is 7.15. The van der Waals surface area contributed by atoms with Crippen LogP contribution in [0.25, 0.3) is 0 Å². The molecule has 108 valence electrons. The molecule has 20 heavy (non-hydrogen) atoms. The van der Waals surface area contributed by atoms with Crippen molar-refractivity contribution in [1.82, 2.24) is 0 Å². The van der Waals surface area contributed by atoms with Crippen LogP contribution in [-0.2, 0) is 0 Å². The van der Waals surface area contributed by atoms with Crippen LogP contribution in [0.15, 0.2) is 0 Å². The van der Waals surface area contributed by atoms with Gasteiger partial charge in [0.25, 0.3) is 0 Å². The van der Waals surface area contributed by atoms with E-state index in [4.69, 9.17) is 0 Å². The third kappa shape index (κ3) is 1.86. The van der Waals surface area contributed by atoms with Gasteiger partial charge in [-0.2, -0.15) is 0 Å². The van der Waals surface area contributed by atoms with Crippen LogP contribution in [0.5, 0.6) is 0 Å². The highest BCUT2D eigenvalue weighted by Gasteiger charge is 2.43. The van der Waals surface area contributed by atoms with E-state index in [9.17, 15) is 4.79 Å². The average Bonchev–Trinajstić information content (AvgIpc) is 3.05. The zero-order valence-corrected chi connectivity index (χ0v) is 13.5. The van der Waals surface area contributed by atoms with Crippen molar-refractivity contribution in [2.24, 2.45) is 17.8 Å². The van der Waals surface area contributed by atoms with Gasteiger partial charge in [-0.05, 0) is 93.5 Å². The number of benzene rings is 1. The van der Waals surface area contributed by atoms with Crippen molar-refractivity contribution in [2.75, 3.05) is 0 Å². The summed E-state index contributed by atoms with van der Waals surface area (Å²) in [6.45, 7) is 10.8. The van der Waals surface area contributed by atoms with Crippen LogP contribution >= 0.6 is 0 Å². The molecule has 2 fully saturated rings. The number of ketones is 1. The molecule has 2 aliphatic rings. The van der Waals surface area contributed by atoms with E-state index in [1.165, 1.54) is 47.1 Å². The maximum absolute atomic E-state index is 13.1. The van der Waals surface area contributed by atoms with Crippen LogP contribution in [0.4, 0.5) is 0 Å². The number of carbonyl (C=O) groups excluding carboxylic acids is 1. The lowest BCUT2D eigenvalue weighted by molar-refractivity contribution is 0.0873. The molecule has 1 aromatic rings. The van der Waals surface area contributed by atoms with Crippen molar-refractivity contribution in [1.29, 1.82) is 0 Å². The zero-order chi connectivity index (χ0) is 14.6. The predicted molar refractivity (Wildman–Crippen MR) is 83.4 cm³/mol. The predicted octanol–water partition coefficient (Wildman–Crippen LogP) is 4.85. The monoisotopic (exact) mass is 270 g/mol. The van der Waals surface area contributed by atoms with E-state index in [1.54, 1.807) is 0 Å². The standard InChI is InChI=1S/C19H26O/c1-10-11(2)13(4)18(14(5)12(10)3)19(20)17-9-15-6-7-16(17)8-15/h15-17H,6-9H2,1-5H3. The first kappa shape index (κ1) is 13.9. The Labute approximate surface area is 122 Å². The molecule has 0 saturated heterocycles. The SMILES string of the molecule is Cc1c(C)c(C)c(C(=O)C2CC3CCC2C3)c(C)c1C. The van der Waals surface area contributed by atoms with E-state index in [0.29, 0.717) is 17.6 Å². The Hall–Kier alpha value is -1.11. The van der Waals surface area contributed by atoms with E-state index in [2.05, 4.69) is 34.6 Å². The van der Waals surface area contributed by atoms with Crippen LogP contribution in [0, 0.1) is 52.4 Å². The maximum Gasteiger partial charge on any atom is 0.166 e. The quantitative estimate of drug-likeness (QED) is 0.702. The summed E-state index contributed by atoms with van der Waals surface area (Å²) in [5.41, 5.74) is 7.45. The third-order valence-corrected chi connectivity index (χ3v) is 6.32. The summed E-state index contributed by atoms with van der Waals surface area (Å²) in [5.74, 6) is 2.27. The van der Waals surface area contributed by atoms with Gasteiger partial charge in [0.15, 0.2) is 5.78 Å². The summed E-state index contributed by atoms with van der Waals surface area (Å²) >= 11 is 0. The lowest BCUT2D eigenvalue weighted by atomic mass is 9.79. The first-order chi connectivity index (χ1) is 9.41. The molecule has 3 atom stereocenters. The van der Waals surface area contributed by atoms with Crippen LogP contribution in [0.2, 0.25) is 0 Å². The normalized spacial score (nSPS) is 28.1. The Morgan fingerprint density at radius 2 is 1.35 bits per heavy atom. The highest BCUT2D eigenvalue weighted by molar-refractivity contribution is 6.01. The summed E-state index contributed by atoms with van der Waals surface area (Å²) in [6.07, 6.45) is 5.09. The first-order valence-corrected chi connectivity index (χ1v) is 8.03. The fraction of sp³-hybridized carbons (Fsp3) is 0.632. The number of hydrogen-bond donors (Lipinski definition) is 0. The number of carbonyl (C=O) groups is 1. The Bertz CT molecular complexity index is 553. The van der Waals surface area contributed by atoms with Gasteiger partial charge in [0.05, 0.1) is 0 Å². The highest BCUT2D eigenvalue weighted by atomic mass is 16.1. The first-order valence-electron chi connectivity index (χ1n) is 8.03. The third-order valence-electron chi connectivity index (χ3n) is 6.32. The van der Waals surface area contributed by atoms with Gasteiger partial charge in [-0.3, -0.25) is 4.79 Å².